The molecule has 0 saturated heterocycles. The molecule has 80 valence electrons. The molecule has 0 aromatic carbocycles. The molecular weight excluding hydrogens is 200 g/mol. The van der Waals surface area contributed by atoms with Gasteiger partial charge in [-0.15, -0.1) is 0 Å². The maximum atomic E-state index is 11.3. The van der Waals surface area contributed by atoms with Gasteiger partial charge in [-0.05, 0) is 25.2 Å². The highest BCUT2D eigenvalue weighted by atomic mass is 35.5. The summed E-state index contributed by atoms with van der Waals surface area (Å²) in [5, 5.41) is 9.26. The van der Waals surface area contributed by atoms with E-state index in [1.165, 1.54) is 5.54 Å². The molecule has 2 atom stereocenters. The molecule has 1 N–H and O–H groups in total. The zero-order chi connectivity index (χ0) is 10.6. The van der Waals surface area contributed by atoms with Gasteiger partial charge in [-0.25, -0.2) is 0 Å². The van der Waals surface area contributed by atoms with Crippen LogP contribution in [0.4, 0.5) is 0 Å². The van der Waals surface area contributed by atoms with Crippen molar-refractivity contribution in [2.24, 2.45) is 11.3 Å². The molecule has 0 radical (unpaired) electrons. The largest absolute Gasteiger partial charge is 0.481 e. The van der Waals surface area contributed by atoms with Crippen molar-refractivity contribution in [3.8, 4) is 0 Å². The molecule has 1 aliphatic carbocycles. The molecule has 0 amide bonds. The highest BCUT2D eigenvalue weighted by Crippen LogP contribution is 2.42. The van der Waals surface area contributed by atoms with Crippen molar-refractivity contribution < 1.29 is 9.90 Å². The van der Waals surface area contributed by atoms with Gasteiger partial charge in [0.1, 0.15) is 0 Å². The molecular formula is C11H17ClO2. The number of carbonyl (C=O) groups is 1. The lowest BCUT2D eigenvalue weighted by atomic mass is 9.68. The first-order chi connectivity index (χ1) is 6.60. The van der Waals surface area contributed by atoms with Gasteiger partial charge in [-0.1, -0.05) is 37.4 Å². The number of halogens is 1. The van der Waals surface area contributed by atoms with E-state index in [0.717, 1.165) is 25.7 Å². The molecule has 0 aromatic rings. The summed E-state index contributed by atoms with van der Waals surface area (Å²) in [6.45, 7) is 2.13. The number of aliphatic carboxylic acids is 1. The Bertz CT molecular complexity index is 237. The normalized spacial score (nSPS) is 33.4. The molecule has 0 aromatic heterocycles. The molecule has 1 fully saturated rings. The molecule has 0 aliphatic heterocycles. The second-order valence-electron chi connectivity index (χ2n) is 4.35. The van der Waals surface area contributed by atoms with Gasteiger partial charge >= 0.3 is 5.97 Å². The predicted octanol–water partition coefficient (Wildman–Crippen LogP) is 3.41. The number of allylic oxidation sites excluding steroid dienone is 1. The van der Waals surface area contributed by atoms with E-state index in [4.69, 9.17) is 11.6 Å². The average molecular weight is 217 g/mol. The zero-order valence-electron chi connectivity index (χ0n) is 8.50. The zero-order valence-corrected chi connectivity index (χ0v) is 9.26. The average Bonchev–Trinajstić information content (AvgIpc) is 2.14. The van der Waals surface area contributed by atoms with Crippen LogP contribution in [0.15, 0.2) is 11.6 Å². The SMILES string of the molecule is CC1CCCC(C/C=C/Cl)(C(=O)O)C1. The number of hydrogen-bond donors (Lipinski definition) is 1. The van der Waals surface area contributed by atoms with E-state index in [1.54, 1.807) is 6.08 Å². The summed E-state index contributed by atoms with van der Waals surface area (Å²) in [6, 6.07) is 0. The van der Waals surface area contributed by atoms with E-state index in [9.17, 15) is 9.90 Å². The van der Waals surface area contributed by atoms with E-state index in [1.807, 2.05) is 0 Å². The summed E-state index contributed by atoms with van der Waals surface area (Å²) in [6.07, 6.45) is 6.06. The smallest absolute Gasteiger partial charge is 0.309 e. The fourth-order valence-electron chi connectivity index (χ4n) is 2.40. The van der Waals surface area contributed by atoms with E-state index < -0.39 is 11.4 Å². The van der Waals surface area contributed by atoms with Gasteiger partial charge < -0.3 is 5.11 Å². The van der Waals surface area contributed by atoms with Crippen LogP contribution < -0.4 is 0 Å². The lowest BCUT2D eigenvalue weighted by Gasteiger charge is -2.35. The molecule has 14 heavy (non-hydrogen) atoms. The van der Waals surface area contributed by atoms with E-state index in [2.05, 4.69) is 6.92 Å². The van der Waals surface area contributed by atoms with Crippen molar-refractivity contribution in [3.63, 3.8) is 0 Å². The molecule has 3 heteroatoms. The van der Waals surface area contributed by atoms with Crippen LogP contribution in [0.1, 0.15) is 39.0 Å². The molecule has 2 unspecified atom stereocenters. The Hall–Kier alpha value is -0.500. The fourth-order valence-corrected chi connectivity index (χ4v) is 2.49. The van der Waals surface area contributed by atoms with Crippen LogP contribution in [0.5, 0.6) is 0 Å². The quantitative estimate of drug-likeness (QED) is 0.785. The van der Waals surface area contributed by atoms with Crippen molar-refractivity contribution >= 4 is 17.6 Å². The number of carboxylic acids is 1. The van der Waals surface area contributed by atoms with Crippen molar-refractivity contribution in [2.45, 2.75) is 39.0 Å². The molecule has 0 spiro atoms. The standard InChI is InChI=1S/C11H17ClO2/c1-9-4-2-5-11(8-9,10(13)14)6-3-7-12/h3,7,9H,2,4-6,8H2,1H3,(H,13,14)/b7-3+. The summed E-state index contributed by atoms with van der Waals surface area (Å²) in [5.74, 6) is -0.151. The molecule has 1 aliphatic rings. The highest BCUT2D eigenvalue weighted by Gasteiger charge is 2.40. The van der Waals surface area contributed by atoms with E-state index in [-0.39, 0.29) is 0 Å². The van der Waals surface area contributed by atoms with Crippen LogP contribution in [0.25, 0.3) is 0 Å². The van der Waals surface area contributed by atoms with E-state index >= 15 is 0 Å². The number of hydrogen-bond acceptors (Lipinski definition) is 1. The Morgan fingerprint density at radius 1 is 1.71 bits per heavy atom. The summed E-state index contributed by atoms with van der Waals surface area (Å²) >= 11 is 5.45. The van der Waals surface area contributed by atoms with E-state index in [0.29, 0.717) is 12.3 Å². The molecule has 0 bridgehead atoms. The second kappa shape index (κ2) is 4.83. The molecule has 0 heterocycles. The lowest BCUT2D eigenvalue weighted by molar-refractivity contribution is -0.151. The van der Waals surface area contributed by atoms with Gasteiger partial charge in [0, 0.05) is 5.54 Å². The molecule has 2 nitrogen and oxygen atoms in total. The maximum absolute atomic E-state index is 11.3. The van der Waals surface area contributed by atoms with Gasteiger partial charge in [-0.3, -0.25) is 4.79 Å². The van der Waals surface area contributed by atoms with Gasteiger partial charge in [-0.2, -0.15) is 0 Å². The minimum atomic E-state index is -0.668. The minimum Gasteiger partial charge on any atom is -0.481 e. The van der Waals surface area contributed by atoms with Gasteiger partial charge in [0.2, 0.25) is 0 Å². The van der Waals surface area contributed by atoms with Gasteiger partial charge in [0.25, 0.3) is 0 Å². The Balaban J connectivity index is 2.74. The van der Waals surface area contributed by atoms with Crippen molar-refractivity contribution in [1.29, 1.82) is 0 Å². The summed E-state index contributed by atoms with van der Waals surface area (Å²) in [7, 11) is 0. The second-order valence-corrected chi connectivity index (χ2v) is 4.60. The van der Waals surface area contributed by atoms with Crippen LogP contribution in [0.2, 0.25) is 0 Å². The third-order valence-electron chi connectivity index (χ3n) is 3.14. The molecule has 1 rings (SSSR count). The summed E-state index contributed by atoms with van der Waals surface area (Å²) in [4.78, 5) is 11.3. The Morgan fingerprint density at radius 3 is 2.93 bits per heavy atom. The Labute approximate surface area is 90.0 Å². The van der Waals surface area contributed by atoms with Crippen LogP contribution in [0, 0.1) is 11.3 Å². The third-order valence-corrected chi connectivity index (χ3v) is 3.32. The van der Waals surface area contributed by atoms with Gasteiger partial charge in [0.05, 0.1) is 5.41 Å². The third kappa shape index (κ3) is 2.50. The Kier molecular flexibility index (Phi) is 3.99. The Morgan fingerprint density at radius 2 is 2.43 bits per heavy atom. The number of carboxylic acid groups (broad SMARTS) is 1. The predicted molar refractivity (Wildman–Crippen MR) is 57.3 cm³/mol. The van der Waals surface area contributed by atoms with Crippen LogP contribution in [-0.2, 0) is 4.79 Å². The number of rotatable bonds is 3. The molecule has 1 saturated carbocycles. The monoisotopic (exact) mass is 216 g/mol. The van der Waals surface area contributed by atoms with Gasteiger partial charge in [0.15, 0.2) is 0 Å². The first-order valence-electron chi connectivity index (χ1n) is 5.09. The van der Waals surface area contributed by atoms with Crippen molar-refractivity contribution in [1.82, 2.24) is 0 Å². The topological polar surface area (TPSA) is 37.3 Å². The first-order valence-corrected chi connectivity index (χ1v) is 5.53. The highest BCUT2D eigenvalue weighted by molar-refractivity contribution is 6.25. The van der Waals surface area contributed by atoms with Crippen LogP contribution in [0.3, 0.4) is 0 Å². The lowest BCUT2D eigenvalue weighted by Crippen LogP contribution is -2.35. The summed E-state index contributed by atoms with van der Waals surface area (Å²) in [5.41, 5.74) is 0.868. The van der Waals surface area contributed by atoms with Crippen molar-refractivity contribution in [3.05, 3.63) is 11.6 Å². The first kappa shape index (κ1) is 11.6. The maximum Gasteiger partial charge on any atom is 0.309 e. The van der Waals surface area contributed by atoms with Crippen molar-refractivity contribution in [2.75, 3.05) is 0 Å². The van der Waals surface area contributed by atoms with Crippen LogP contribution >= 0.6 is 11.6 Å². The fraction of sp³-hybridized carbons (Fsp3) is 0.727. The minimum absolute atomic E-state index is 0.517. The summed E-state index contributed by atoms with van der Waals surface area (Å²) < 4.78 is 0. The van der Waals surface area contributed by atoms with Crippen LogP contribution in [-0.4, -0.2) is 11.1 Å².